The van der Waals surface area contributed by atoms with Crippen molar-refractivity contribution in [3.63, 3.8) is 0 Å². The number of anilines is 15. The van der Waals surface area contributed by atoms with E-state index in [-0.39, 0.29) is 10.8 Å². The number of aryl methyl sites for hydroxylation is 1. The Bertz CT molecular complexity index is 8950. The largest absolute Gasteiger partial charge is 0.340 e. The Hall–Kier alpha value is -16.5. The average molecular weight is 2170 g/mol. The molecule has 10 N–H and O–H groups in total. The van der Waals surface area contributed by atoms with Gasteiger partial charge >= 0.3 is 0 Å². The first-order valence-electron chi connectivity index (χ1n) is 43.9. The first-order valence-corrected chi connectivity index (χ1v) is 55.3. The lowest BCUT2D eigenvalue weighted by atomic mass is 10.0. The molecule has 0 aliphatic heterocycles. The molecule has 9 heterocycles. The Morgan fingerprint density at radius 1 is 0.250 bits per heavy atom. The van der Waals surface area contributed by atoms with Crippen LogP contribution in [0, 0.1) is 19.3 Å². The molecule has 0 unspecified atom stereocenters. The number of pyridine rings is 4. The highest BCUT2D eigenvalue weighted by atomic mass is 35.5. The molecule has 0 spiro atoms. The second kappa shape index (κ2) is 45.8. The van der Waals surface area contributed by atoms with Gasteiger partial charge in [-0.1, -0.05) is 137 Å². The molecule has 0 saturated heterocycles. The zero-order valence-electron chi connectivity index (χ0n) is 78.5. The van der Waals surface area contributed by atoms with E-state index in [0.29, 0.717) is 77.5 Å². The number of hydrogen-bond donors (Lipinski definition) is 10. The Morgan fingerprint density at radius 2 is 0.534 bits per heavy atom. The van der Waals surface area contributed by atoms with Crippen LogP contribution in [-0.2, 0) is 50.1 Å². The van der Waals surface area contributed by atoms with E-state index in [9.17, 15) is 42.1 Å². The summed E-state index contributed by atoms with van der Waals surface area (Å²) >= 11 is 30.5. The van der Waals surface area contributed by atoms with Crippen molar-refractivity contribution < 1.29 is 42.1 Å². The van der Waals surface area contributed by atoms with Crippen LogP contribution in [0.1, 0.15) is 11.1 Å². The highest BCUT2D eigenvalue weighted by molar-refractivity contribution is 7.93. The Labute approximate surface area is 875 Å². The Morgan fingerprint density at radius 3 is 0.858 bits per heavy atom. The SMILES string of the molecule is C#Cc1cccc(Nc2ncnc3ccc(-c4cncc(NS(C)(=O)=O)c4)cc23)c1.CS(=O)(=O)Nc1cc(-c2ccc3ncnc(Nc4cccc(Cl)c4)c3c2)cnc1Cl.CS(=O)(=O)Nc1cncc(-c2ccc3ncnc(Nc4cccc(Cl)c4)c3c2)c1.CS(=O)(=O)Nc1cncc(-c2ccc3ncnc(Nc4cccc(Cl)c4)c3c2)c1.Cc1ccc(Nc2ncnc3ccc(-c4cccc(NS(C)(=O)=O)c4)cc23)cc1Cl. The molecule has 9 aromatic heterocycles. The lowest BCUT2D eigenvalue weighted by Gasteiger charge is -2.11. The van der Waals surface area contributed by atoms with E-state index in [1.165, 1.54) is 50.2 Å². The van der Waals surface area contributed by atoms with Crippen LogP contribution in [0.25, 0.3) is 110 Å². The van der Waals surface area contributed by atoms with E-state index < -0.39 is 50.1 Å². The zero-order chi connectivity index (χ0) is 105. The molecule has 0 fully saturated rings. The first kappa shape index (κ1) is 104. The van der Waals surface area contributed by atoms with Gasteiger partial charge in [-0.25, -0.2) is 96.9 Å². The molecule has 20 rings (SSSR count). The molecular formula is C104H83Cl5N24O10S5. The van der Waals surface area contributed by atoms with E-state index in [1.807, 2.05) is 201 Å². The molecule has 0 aliphatic rings. The van der Waals surface area contributed by atoms with Crippen molar-refractivity contribution in [2.75, 3.05) is 81.5 Å². The fraction of sp³-hybridized carbons (Fsp3) is 0.0577. The summed E-state index contributed by atoms with van der Waals surface area (Å²) in [4.78, 5) is 60.0. The van der Waals surface area contributed by atoms with Gasteiger partial charge < -0.3 is 26.6 Å². The minimum absolute atomic E-state index is 0.0663. The van der Waals surface area contributed by atoms with E-state index in [1.54, 1.807) is 85.5 Å². The van der Waals surface area contributed by atoms with Gasteiger partial charge in [-0.05, 0) is 228 Å². The molecule has 0 saturated carbocycles. The van der Waals surface area contributed by atoms with Gasteiger partial charge in [-0.3, -0.25) is 38.6 Å². The van der Waals surface area contributed by atoms with Gasteiger partial charge in [0, 0.05) is 134 Å². The van der Waals surface area contributed by atoms with Crippen LogP contribution >= 0.6 is 58.0 Å². The normalized spacial score (nSPS) is 11.3. The number of benzene rings is 11. The van der Waals surface area contributed by atoms with Crippen LogP contribution in [-0.4, -0.2) is 143 Å². The smallest absolute Gasteiger partial charge is 0.229 e. The standard InChI is InChI=1S/C22H19ClN4O2S.C22H17N5O2S.C20H15Cl2N5O2S.2C20H16ClN5O2S/c1-14-6-8-17(12-20(14)23)26-22-19-11-16(7-9-21(19)24-13-25-22)15-4-3-5-18(10-15)27-30(2,28)29;1-3-15-5-4-6-18(9-15)26-22-20-11-16(7-8-21(20)24-14-25-22)17-10-19(13-23-12-17)27-30(2,28)29;1-30(28,29)27-18-8-13(10-23-19(18)22)12-5-6-17-16(7-12)20(25-11-24-17)26-15-4-2-3-14(21)9-15;2*1-29(27,28)26-17-7-14(10-22-11-17)13-5-6-19-18(8-13)20(24-12-23-19)25-16-4-2-3-15(21)9-16/h3-13,27H,1-2H3,(H,24,25,26);1,4-14,27H,2H3,(H,24,25,26);2-11,27H,1H3,(H,24,25,26);2*2-12,26H,1H3,(H,23,24,25). The quantitative estimate of drug-likeness (QED) is 0.0188. The van der Waals surface area contributed by atoms with Gasteiger partial charge in [-0.2, -0.15) is 0 Å². The highest BCUT2D eigenvalue weighted by Crippen LogP contribution is 2.39. The molecule has 0 aliphatic carbocycles. The van der Waals surface area contributed by atoms with Crippen LogP contribution in [0.3, 0.4) is 0 Å². The molecule has 148 heavy (non-hydrogen) atoms. The number of sulfonamides is 5. The highest BCUT2D eigenvalue weighted by Gasteiger charge is 2.19. The molecule has 20 aromatic rings. The maximum Gasteiger partial charge on any atom is 0.229 e. The number of halogens is 5. The summed E-state index contributed by atoms with van der Waals surface area (Å²) < 4.78 is 127. The number of rotatable bonds is 25. The number of hydrogen-bond acceptors (Lipinski definition) is 29. The molecule has 11 aromatic carbocycles. The van der Waals surface area contributed by atoms with Gasteiger partial charge in [0.25, 0.3) is 0 Å². The second-order valence-corrected chi connectivity index (χ2v) is 43.8. The summed E-state index contributed by atoms with van der Waals surface area (Å²) in [5.74, 6) is 5.79. The Balaban J connectivity index is 0.000000132. The summed E-state index contributed by atoms with van der Waals surface area (Å²) in [6.07, 6.45) is 29.4. The molecule has 0 amide bonds. The third-order valence-corrected chi connectivity index (χ3v) is 25.7. The minimum Gasteiger partial charge on any atom is -0.340 e. The van der Waals surface area contributed by atoms with Crippen LogP contribution < -0.4 is 50.2 Å². The maximum atomic E-state index is 11.6. The molecule has 0 radical (unpaired) electrons. The summed E-state index contributed by atoms with van der Waals surface area (Å²) in [7, 11) is -17.0. The van der Waals surface area contributed by atoms with Gasteiger partial charge in [-0.15, -0.1) is 6.42 Å². The molecular weight excluding hydrogens is 2080 g/mol. The van der Waals surface area contributed by atoms with Crippen LogP contribution in [0.5, 0.6) is 0 Å². The van der Waals surface area contributed by atoms with Gasteiger partial charge in [0.15, 0.2) is 5.15 Å². The second-order valence-electron chi connectivity index (χ2n) is 33.0. The van der Waals surface area contributed by atoms with Crippen LogP contribution in [0.4, 0.5) is 86.0 Å². The molecule has 744 valence electrons. The fourth-order valence-corrected chi connectivity index (χ4v) is 18.6. The predicted octanol–water partition coefficient (Wildman–Crippen LogP) is 23.2. The predicted molar refractivity (Wildman–Crippen MR) is 595 cm³/mol. The van der Waals surface area contributed by atoms with Gasteiger partial charge in [0.2, 0.25) is 50.1 Å². The van der Waals surface area contributed by atoms with Crippen molar-refractivity contribution in [2.24, 2.45) is 0 Å². The fourth-order valence-electron chi connectivity index (χ4n) is 14.9. The van der Waals surface area contributed by atoms with Gasteiger partial charge in [0.05, 0.1) is 100 Å². The van der Waals surface area contributed by atoms with Crippen molar-refractivity contribution in [2.45, 2.75) is 6.92 Å². The lowest BCUT2D eigenvalue weighted by Crippen LogP contribution is -2.10. The van der Waals surface area contributed by atoms with Crippen molar-refractivity contribution in [1.82, 2.24) is 69.8 Å². The first-order chi connectivity index (χ1) is 70.7. The van der Waals surface area contributed by atoms with E-state index in [0.717, 1.165) is 175 Å². The van der Waals surface area contributed by atoms with E-state index >= 15 is 0 Å². The summed E-state index contributed by atoms with van der Waals surface area (Å²) in [5, 5.41) is 23.0. The number of nitrogens with zero attached hydrogens (tertiary/aromatic N) is 14. The molecule has 0 atom stereocenters. The van der Waals surface area contributed by atoms with E-state index in [4.69, 9.17) is 64.4 Å². The topological polar surface area (TPSA) is 471 Å². The summed E-state index contributed by atoms with van der Waals surface area (Å²) in [5.41, 5.74) is 19.7. The van der Waals surface area contributed by atoms with Crippen molar-refractivity contribution in [3.8, 4) is 68.0 Å². The van der Waals surface area contributed by atoms with Crippen molar-refractivity contribution >= 4 is 249 Å². The lowest BCUT2D eigenvalue weighted by molar-refractivity contribution is 0.605. The average Bonchev–Trinajstić information content (AvgIpc) is 0.806. The van der Waals surface area contributed by atoms with E-state index in [2.05, 4.69) is 126 Å². The Kier molecular flexibility index (Phi) is 32.3. The number of nitrogens with one attached hydrogen (secondary N) is 10. The maximum absolute atomic E-state index is 11.6. The molecule has 44 heteroatoms. The summed E-state index contributed by atoms with van der Waals surface area (Å²) in [6.45, 7) is 1.95. The monoisotopic (exact) mass is 2160 g/mol. The molecule has 34 nitrogen and oxygen atoms in total. The minimum atomic E-state index is -3.49. The van der Waals surface area contributed by atoms with Gasteiger partial charge in [0.1, 0.15) is 60.7 Å². The third kappa shape index (κ3) is 29.0. The number of fused-ring (bicyclic) bond motifs is 5. The number of terminal acetylenes is 1. The zero-order valence-corrected chi connectivity index (χ0v) is 86.4. The number of aromatic nitrogens is 14. The van der Waals surface area contributed by atoms with Crippen molar-refractivity contribution in [1.29, 1.82) is 0 Å². The van der Waals surface area contributed by atoms with Crippen LogP contribution in [0.15, 0.2) is 330 Å². The van der Waals surface area contributed by atoms with Crippen molar-refractivity contribution in [3.05, 3.63) is 366 Å². The summed E-state index contributed by atoms with van der Waals surface area (Å²) in [6, 6.07) is 77.9. The third-order valence-electron chi connectivity index (χ3n) is 21.3. The molecule has 0 bridgehead atoms. The van der Waals surface area contributed by atoms with Crippen LogP contribution in [0.2, 0.25) is 25.2 Å².